The lowest BCUT2D eigenvalue weighted by atomic mass is 9.88. The molecule has 5 nitrogen and oxygen atoms in total. The Hall–Kier alpha value is -3.25. The van der Waals surface area contributed by atoms with Crippen LogP contribution >= 0.6 is 11.3 Å². The van der Waals surface area contributed by atoms with E-state index in [-0.39, 0.29) is 11.8 Å². The molecule has 3 heterocycles. The Bertz CT molecular complexity index is 1280. The van der Waals surface area contributed by atoms with E-state index in [4.69, 9.17) is 10.1 Å². The standard InChI is InChI=1S/C23H18N4OS/c28-18-11-4-10-17-20(18)21(19-12-5-13-29-19)27-23(24-17)25-22(26-27)16-9-3-7-14-6-1-2-8-15(14)16/h1-3,5-9,12-13,21H,4,10-11H2,(H,24,25,26). The fourth-order valence-corrected chi connectivity index (χ4v) is 5.22. The topological polar surface area (TPSA) is 59.8 Å². The molecule has 1 aliphatic carbocycles. The van der Waals surface area contributed by atoms with Crippen molar-refractivity contribution in [1.82, 2.24) is 14.8 Å². The summed E-state index contributed by atoms with van der Waals surface area (Å²) in [4.78, 5) is 18.8. The van der Waals surface area contributed by atoms with Gasteiger partial charge in [-0.1, -0.05) is 48.5 Å². The van der Waals surface area contributed by atoms with Crippen molar-refractivity contribution in [3.63, 3.8) is 0 Å². The van der Waals surface area contributed by atoms with Crippen molar-refractivity contribution in [2.45, 2.75) is 25.3 Å². The Balaban J connectivity index is 1.55. The lowest BCUT2D eigenvalue weighted by Crippen LogP contribution is -2.31. The van der Waals surface area contributed by atoms with E-state index in [1.807, 2.05) is 34.3 Å². The molecule has 0 amide bonds. The third-order valence-electron chi connectivity index (χ3n) is 5.71. The van der Waals surface area contributed by atoms with Crippen LogP contribution in [0, 0.1) is 0 Å². The van der Waals surface area contributed by atoms with Gasteiger partial charge in [0.2, 0.25) is 5.95 Å². The van der Waals surface area contributed by atoms with Crippen LogP contribution in [-0.4, -0.2) is 20.5 Å². The van der Waals surface area contributed by atoms with E-state index in [2.05, 4.69) is 35.6 Å². The largest absolute Gasteiger partial charge is 0.328 e. The van der Waals surface area contributed by atoms with Gasteiger partial charge in [0.1, 0.15) is 6.04 Å². The predicted octanol–water partition coefficient (Wildman–Crippen LogP) is 5.18. The van der Waals surface area contributed by atoms with Crippen LogP contribution in [-0.2, 0) is 4.79 Å². The molecule has 6 rings (SSSR count). The van der Waals surface area contributed by atoms with Gasteiger partial charge in [-0.25, -0.2) is 4.68 Å². The highest BCUT2D eigenvalue weighted by molar-refractivity contribution is 7.10. The van der Waals surface area contributed by atoms with E-state index in [1.54, 1.807) is 11.3 Å². The molecule has 1 unspecified atom stereocenters. The second kappa shape index (κ2) is 6.39. The van der Waals surface area contributed by atoms with Crippen LogP contribution in [0.3, 0.4) is 0 Å². The van der Waals surface area contributed by atoms with Crippen LogP contribution in [0.5, 0.6) is 0 Å². The number of rotatable bonds is 2. The number of nitrogens with one attached hydrogen (secondary N) is 1. The number of carbonyl (C=O) groups excluding carboxylic acids is 1. The van der Waals surface area contributed by atoms with Gasteiger partial charge in [0.05, 0.1) is 0 Å². The molecule has 1 atom stereocenters. The molecule has 0 saturated heterocycles. The van der Waals surface area contributed by atoms with Crippen LogP contribution < -0.4 is 5.32 Å². The van der Waals surface area contributed by atoms with Crippen molar-refractivity contribution in [2.75, 3.05) is 5.32 Å². The van der Waals surface area contributed by atoms with Gasteiger partial charge in [-0.05, 0) is 35.1 Å². The summed E-state index contributed by atoms with van der Waals surface area (Å²) in [6, 6.07) is 18.4. The first kappa shape index (κ1) is 16.7. The zero-order valence-corrected chi connectivity index (χ0v) is 16.4. The number of aromatic nitrogens is 3. The zero-order valence-electron chi connectivity index (χ0n) is 15.6. The number of thiophene rings is 1. The molecule has 4 aromatic rings. The van der Waals surface area contributed by atoms with Gasteiger partial charge in [0.25, 0.3) is 0 Å². The molecule has 2 aliphatic rings. The first-order valence-corrected chi connectivity index (χ1v) is 10.7. The summed E-state index contributed by atoms with van der Waals surface area (Å²) in [5.41, 5.74) is 2.85. The maximum atomic E-state index is 12.8. The van der Waals surface area contributed by atoms with E-state index in [0.717, 1.165) is 45.3 Å². The Labute approximate surface area is 171 Å². The zero-order chi connectivity index (χ0) is 19.4. The number of carbonyl (C=O) groups is 1. The summed E-state index contributed by atoms with van der Waals surface area (Å²) in [6.45, 7) is 0. The Morgan fingerprint density at radius 2 is 1.93 bits per heavy atom. The van der Waals surface area contributed by atoms with E-state index in [9.17, 15) is 4.79 Å². The number of ketones is 1. The summed E-state index contributed by atoms with van der Waals surface area (Å²) in [6.07, 6.45) is 2.36. The van der Waals surface area contributed by atoms with Gasteiger partial charge < -0.3 is 5.32 Å². The Morgan fingerprint density at radius 3 is 2.83 bits per heavy atom. The molecule has 0 bridgehead atoms. The molecule has 2 aromatic heterocycles. The van der Waals surface area contributed by atoms with Crippen molar-refractivity contribution < 1.29 is 4.79 Å². The number of allylic oxidation sites excluding steroid dienone is 2. The minimum atomic E-state index is -0.203. The molecule has 142 valence electrons. The molecule has 1 N–H and O–H groups in total. The van der Waals surface area contributed by atoms with Gasteiger partial charge >= 0.3 is 0 Å². The normalized spacial score (nSPS) is 18.5. The molecule has 6 heteroatoms. The van der Waals surface area contributed by atoms with Gasteiger partial charge in [0.15, 0.2) is 11.6 Å². The fraction of sp³-hybridized carbons (Fsp3) is 0.174. The molecule has 0 saturated carbocycles. The minimum Gasteiger partial charge on any atom is -0.328 e. The second-order valence-electron chi connectivity index (χ2n) is 7.44. The number of hydrogen-bond acceptors (Lipinski definition) is 5. The third kappa shape index (κ3) is 2.56. The number of benzene rings is 2. The summed E-state index contributed by atoms with van der Waals surface area (Å²) in [5, 5.41) is 12.6. The van der Waals surface area contributed by atoms with Crippen LogP contribution in [0.4, 0.5) is 5.95 Å². The number of hydrogen-bond donors (Lipinski definition) is 1. The first-order valence-electron chi connectivity index (χ1n) is 9.81. The molecular formula is C23H18N4OS. The number of Topliss-reactive ketones (excluding diaryl/α,β-unsaturated/α-hetero) is 1. The van der Waals surface area contributed by atoms with Crippen molar-refractivity contribution in [3.8, 4) is 11.4 Å². The maximum Gasteiger partial charge on any atom is 0.226 e. The fourth-order valence-electron chi connectivity index (χ4n) is 4.40. The number of fused-ring (bicyclic) bond motifs is 2. The quantitative estimate of drug-likeness (QED) is 0.505. The Kier molecular flexibility index (Phi) is 3.67. The average molecular weight is 398 g/mol. The summed E-state index contributed by atoms with van der Waals surface area (Å²) in [7, 11) is 0. The smallest absolute Gasteiger partial charge is 0.226 e. The summed E-state index contributed by atoms with van der Waals surface area (Å²) in [5.74, 6) is 1.60. The summed E-state index contributed by atoms with van der Waals surface area (Å²) >= 11 is 1.66. The number of anilines is 1. The van der Waals surface area contributed by atoms with Crippen molar-refractivity contribution in [1.29, 1.82) is 0 Å². The molecule has 0 fully saturated rings. The molecule has 0 spiro atoms. The van der Waals surface area contributed by atoms with E-state index in [0.29, 0.717) is 18.2 Å². The van der Waals surface area contributed by atoms with Gasteiger partial charge in [0, 0.05) is 28.1 Å². The van der Waals surface area contributed by atoms with Crippen molar-refractivity contribution in [2.24, 2.45) is 0 Å². The lowest BCUT2D eigenvalue weighted by Gasteiger charge is -2.31. The lowest BCUT2D eigenvalue weighted by molar-refractivity contribution is -0.116. The predicted molar refractivity (Wildman–Crippen MR) is 115 cm³/mol. The molecule has 0 radical (unpaired) electrons. The monoisotopic (exact) mass is 398 g/mol. The van der Waals surface area contributed by atoms with Gasteiger partial charge in [-0.3, -0.25) is 4.79 Å². The molecule has 1 aliphatic heterocycles. The molecule has 2 aromatic carbocycles. The minimum absolute atomic E-state index is 0.203. The van der Waals surface area contributed by atoms with Crippen LogP contribution in [0.25, 0.3) is 22.2 Å². The highest BCUT2D eigenvalue weighted by Crippen LogP contribution is 2.42. The SMILES string of the molecule is O=C1CCCC2=C1C(c1cccs1)n1nc(-c3cccc4ccccc34)nc1N2. The average Bonchev–Trinajstić information content (AvgIpc) is 3.42. The van der Waals surface area contributed by atoms with Crippen LogP contribution in [0.15, 0.2) is 71.2 Å². The highest BCUT2D eigenvalue weighted by Gasteiger charge is 2.37. The van der Waals surface area contributed by atoms with Crippen molar-refractivity contribution >= 4 is 33.8 Å². The van der Waals surface area contributed by atoms with Gasteiger partial charge in [-0.2, -0.15) is 4.98 Å². The third-order valence-corrected chi connectivity index (χ3v) is 6.64. The van der Waals surface area contributed by atoms with Crippen molar-refractivity contribution in [3.05, 3.63) is 76.1 Å². The highest BCUT2D eigenvalue weighted by atomic mass is 32.1. The van der Waals surface area contributed by atoms with Crippen LogP contribution in [0.1, 0.15) is 30.2 Å². The molecular weight excluding hydrogens is 380 g/mol. The summed E-state index contributed by atoms with van der Waals surface area (Å²) < 4.78 is 1.89. The molecule has 29 heavy (non-hydrogen) atoms. The van der Waals surface area contributed by atoms with E-state index < -0.39 is 0 Å². The van der Waals surface area contributed by atoms with Gasteiger partial charge in [-0.15, -0.1) is 16.4 Å². The maximum absolute atomic E-state index is 12.8. The van der Waals surface area contributed by atoms with E-state index >= 15 is 0 Å². The second-order valence-corrected chi connectivity index (χ2v) is 8.42. The first-order chi connectivity index (χ1) is 14.3. The number of nitrogens with zero attached hydrogens (tertiary/aromatic N) is 3. The van der Waals surface area contributed by atoms with Crippen LogP contribution in [0.2, 0.25) is 0 Å². The Morgan fingerprint density at radius 1 is 1.03 bits per heavy atom. The van der Waals surface area contributed by atoms with E-state index in [1.165, 1.54) is 0 Å².